The van der Waals surface area contributed by atoms with Gasteiger partial charge in [-0.1, -0.05) is 36.4 Å². The molecule has 0 spiro atoms. The van der Waals surface area contributed by atoms with Gasteiger partial charge in [-0.15, -0.1) is 0 Å². The predicted octanol–water partition coefficient (Wildman–Crippen LogP) is 3.39. The Hall–Kier alpha value is -3.61. The molecule has 2 aromatic carbocycles. The zero-order valence-electron chi connectivity index (χ0n) is 16.6. The zero-order valence-corrected chi connectivity index (χ0v) is 16.6. The van der Waals surface area contributed by atoms with Gasteiger partial charge in [-0.2, -0.15) is 5.10 Å². The van der Waals surface area contributed by atoms with Crippen molar-refractivity contribution in [2.75, 3.05) is 5.32 Å². The number of nitrogens with zero attached hydrogens (tertiary/aromatic N) is 2. The second kappa shape index (κ2) is 9.54. The molecule has 3 N–H and O–H groups in total. The van der Waals surface area contributed by atoms with Crippen LogP contribution in [0.5, 0.6) is 0 Å². The monoisotopic (exact) mass is 391 g/mol. The molecule has 0 aliphatic carbocycles. The van der Waals surface area contributed by atoms with Gasteiger partial charge < -0.3 is 16.0 Å². The van der Waals surface area contributed by atoms with E-state index in [4.69, 9.17) is 0 Å². The first-order valence-corrected chi connectivity index (χ1v) is 9.52. The SMILES string of the molecule is CC(C)NC(=O)Nc1ccccc1C(=O)NCc1ccccc1Cn1cccn1. The van der Waals surface area contributed by atoms with Crippen LogP contribution in [0.1, 0.15) is 35.3 Å². The summed E-state index contributed by atoms with van der Waals surface area (Å²) in [7, 11) is 0. The van der Waals surface area contributed by atoms with E-state index >= 15 is 0 Å². The molecular formula is C22H25N5O2. The maximum Gasteiger partial charge on any atom is 0.319 e. The largest absolute Gasteiger partial charge is 0.348 e. The van der Waals surface area contributed by atoms with Crippen molar-refractivity contribution in [3.05, 3.63) is 83.7 Å². The molecule has 0 unspecified atom stereocenters. The first-order chi connectivity index (χ1) is 14.0. The van der Waals surface area contributed by atoms with Gasteiger partial charge in [0.25, 0.3) is 5.91 Å². The van der Waals surface area contributed by atoms with E-state index in [1.54, 1.807) is 30.5 Å². The minimum Gasteiger partial charge on any atom is -0.348 e. The predicted molar refractivity (Wildman–Crippen MR) is 113 cm³/mol. The summed E-state index contributed by atoms with van der Waals surface area (Å²) in [5.74, 6) is -0.251. The van der Waals surface area contributed by atoms with Crippen molar-refractivity contribution in [1.29, 1.82) is 0 Å². The Morgan fingerprint density at radius 2 is 1.72 bits per heavy atom. The normalized spacial score (nSPS) is 10.6. The van der Waals surface area contributed by atoms with Crippen LogP contribution in [-0.2, 0) is 13.1 Å². The Labute approximate surface area is 170 Å². The molecule has 29 heavy (non-hydrogen) atoms. The van der Waals surface area contributed by atoms with Crippen molar-refractivity contribution in [2.45, 2.75) is 33.0 Å². The van der Waals surface area contributed by atoms with Gasteiger partial charge in [0.15, 0.2) is 0 Å². The van der Waals surface area contributed by atoms with Crippen LogP contribution in [0.2, 0.25) is 0 Å². The maximum atomic E-state index is 12.8. The third kappa shape index (κ3) is 5.68. The molecule has 7 heteroatoms. The number of amides is 3. The van der Waals surface area contributed by atoms with Gasteiger partial charge in [-0.05, 0) is 43.2 Å². The molecular weight excluding hydrogens is 366 g/mol. The van der Waals surface area contributed by atoms with Gasteiger partial charge in [0.05, 0.1) is 17.8 Å². The molecule has 0 bridgehead atoms. The molecule has 0 saturated heterocycles. The van der Waals surface area contributed by atoms with Crippen molar-refractivity contribution >= 4 is 17.6 Å². The topological polar surface area (TPSA) is 88.0 Å². The van der Waals surface area contributed by atoms with Gasteiger partial charge in [-0.3, -0.25) is 9.48 Å². The smallest absolute Gasteiger partial charge is 0.319 e. The molecule has 0 saturated carbocycles. The minimum atomic E-state index is -0.343. The number of nitrogens with one attached hydrogen (secondary N) is 3. The molecule has 150 valence electrons. The summed E-state index contributed by atoms with van der Waals surface area (Å²) < 4.78 is 1.84. The van der Waals surface area contributed by atoms with Crippen molar-refractivity contribution in [2.24, 2.45) is 0 Å². The van der Waals surface area contributed by atoms with E-state index in [0.717, 1.165) is 11.1 Å². The van der Waals surface area contributed by atoms with Crippen LogP contribution in [0.15, 0.2) is 67.0 Å². The minimum absolute atomic E-state index is 0.00211. The number of rotatable bonds is 7. The molecule has 7 nitrogen and oxygen atoms in total. The van der Waals surface area contributed by atoms with Crippen molar-refractivity contribution in [3.8, 4) is 0 Å². The zero-order chi connectivity index (χ0) is 20.6. The number of benzene rings is 2. The average Bonchev–Trinajstić information content (AvgIpc) is 3.20. The van der Waals surface area contributed by atoms with Gasteiger partial charge in [-0.25, -0.2) is 4.79 Å². The number of hydrogen-bond donors (Lipinski definition) is 3. The lowest BCUT2D eigenvalue weighted by Crippen LogP contribution is -2.35. The van der Waals surface area contributed by atoms with Crippen molar-refractivity contribution < 1.29 is 9.59 Å². The van der Waals surface area contributed by atoms with Crippen LogP contribution in [-0.4, -0.2) is 27.8 Å². The molecule has 3 aromatic rings. The summed E-state index contributed by atoms with van der Waals surface area (Å²) in [6.07, 6.45) is 3.64. The van der Waals surface area contributed by atoms with Crippen molar-refractivity contribution in [3.63, 3.8) is 0 Å². The first kappa shape index (κ1) is 20.1. The lowest BCUT2D eigenvalue weighted by atomic mass is 10.1. The van der Waals surface area contributed by atoms with Gasteiger partial charge in [0.1, 0.15) is 0 Å². The maximum absolute atomic E-state index is 12.8. The molecule has 0 aliphatic heterocycles. The van der Waals surface area contributed by atoms with Crippen LogP contribution in [0.3, 0.4) is 0 Å². The Balaban J connectivity index is 1.68. The number of para-hydroxylation sites is 1. The highest BCUT2D eigenvalue weighted by molar-refractivity contribution is 6.03. The highest BCUT2D eigenvalue weighted by Gasteiger charge is 2.14. The third-order valence-electron chi connectivity index (χ3n) is 4.29. The van der Waals surface area contributed by atoms with Gasteiger partial charge in [0, 0.05) is 25.0 Å². The summed E-state index contributed by atoms with van der Waals surface area (Å²) in [5.41, 5.74) is 2.97. The van der Waals surface area contributed by atoms with Crippen LogP contribution in [0.4, 0.5) is 10.5 Å². The Bertz CT molecular complexity index is 967. The number of hydrogen-bond acceptors (Lipinski definition) is 3. The Morgan fingerprint density at radius 3 is 2.45 bits per heavy atom. The lowest BCUT2D eigenvalue weighted by Gasteiger charge is -2.14. The van der Waals surface area contributed by atoms with E-state index in [-0.39, 0.29) is 18.0 Å². The number of urea groups is 1. The summed E-state index contributed by atoms with van der Waals surface area (Å²) in [4.78, 5) is 24.8. The van der Waals surface area contributed by atoms with E-state index in [9.17, 15) is 9.59 Å². The summed E-state index contributed by atoms with van der Waals surface area (Å²) in [6.45, 7) is 4.76. The van der Waals surface area contributed by atoms with E-state index in [2.05, 4.69) is 21.0 Å². The molecule has 0 aliphatic rings. The molecule has 0 atom stereocenters. The quantitative estimate of drug-likeness (QED) is 0.577. The summed E-state index contributed by atoms with van der Waals surface area (Å²) in [5, 5.41) is 12.7. The highest BCUT2D eigenvalue weighted by Crippen LogP contribution is 2.16. The van der Waals surface area contributed by atoms with Gasteiger partial charge >= 0.3 is 6.03 Å². The van der Waals surface area contributed by atoms with Crippen LogP contribution in [0, 0.1) is 0 Å². The molecule has 0 radical (unpaired) electrons. The van der Waals surface area contributed by atoms with Crippen LogP contribution in [0.25, 0.3) is 0 Å². The standard InChI is InChI=1S/C22H25N5O2/c1-16(2)25-22(29)26-20-11-6-5-10-19(20)21(28)23-14-17-8-3-4-9-18(17)15-27-13-7-12-24-27/h3-13,16H,14-15H2,1-2H3,(H,23,28)(H2,25,26,29). The average molecular weight is 391 g/mol. The third-order valence-corrected chi connectivity index (χ3v) is 4.29. The fourth-order valence-electron chi connectivity index (χ4n) is 2.93. The van der Waals surface area contributed by atoms with Crippen LogP contribution >= 0.6 is 0 Å². The fraction of sp³-hybridized carbons (Fsp3) is 0.227. The van der Waals surface area contributed by atoms with E-state index in [1.807, 2.05) is 55.1 Å². The molecule has 1 aromatic heterocycles. The summed E-state index contributed by atoms with van der Waals surface area (Å²) in [6, 6.07) is 16.4. The first-order valence-electron chi connectivity index (χ1n) is 9.52. The number of carbonyl (C=O) groups excluding carboxylic acids is 2. The fourth-order valence-corrected chi connectivity index (χ4v) is 2.93. The number of anilines is 1. The summed E-state index contributed by atoms with van der Waals surface area (Å²) >= 11 is 0. The lowest BCUT2D eigenvalue weighted by molar-refractivity contribution is 0.0951. The second-order valence-corrected chi connectivity index (χ2v) is 6.95. The van der Waals surface area contributed by atoms with Crippen molar-refractivity contribution in [1.82, 2.24) is 20.4 Å². The van der Waals surface area contributed by atoms with Crippen LogP contribution < -0.4 is 16.0 Å². The molecule has 0 fully saturated rings. The Morgan fingerprint density at radius 1 is 1.00 bits per heavy atom. The highest BCUT2D eigenvalue weighted by atomic mass is 16.2. The number of aromatic nitrogens is 2. The number of carbonyl (C=O) groups is 2. The molecule has 3 rings (SSSR count). The Kier molecular flexibility index (Phi) is 6.63. The molecule has 1 heterocycles. The van der Waals surface area contributed by atoms with E-state index < -0.39 is 0 Å². The second-order valence-electron chi connectivity index (χ2n) is 6.95. The van der Waals surface area contributed by atoms with Gasteiger partial charge in [0.2, 0.25) is 0 Å². The van der Waals surface area contributed by atoms with E-state index in [0.29, 0.717) is 24.3 Å². The van der Waals surface area contributed by atoms with E-state index in [1.165, 1.54) is 0 Å². The molecule has 3 amide bonds.